The fourth-order valence-electron chi connectivity index (χ4n) is 2.14. The van der Waals surface area contributed by atoms with Crippen molar-refractivity contribution in [3.8, 4) is 0 Å². The van der Waals surface area contributed by atoms with Crippen LogP contribution >= 0.6 is 15.9 Å². The average Bonchev–Trinajstić information content (AvgIpc) is 2.29. The molecule has 0 atom stereocenters. The van der Waals surface area contributed by atoms with Gasteiger partial charge in [-0.05, 0) is 59.6 Å². The monoisotopic (exact) mass is 298 g/mol. The van der Waals surface area contributed by atoms with E-state index in [0.717, 1.165) is 37.1 Å². The first kappa shape index (κ1) is 12.5. The number of hydrogen-bond acceptors (Lipinski definition) is 3. The van der Waals surface area contributed by atoms with Crippen LogP contribution < -0.4 is 0 Å². The fraction of sp³-hybridized carbons (Fsp3) is 0.500. The molecule has 0 unspecified atom stereocenters. The number of hydrogen-bond donors (Lipinski definition) is 1. The number of carboxylic acids is 1. The van der Waals surface area contributed by atoms with Gasteiger partial charge in [-0.3, -0.25) is 9.69 Å². The van der Waals surface area contributed by atoms with E-state index in [1.54, 1.807) is 6.20 Å². The molecule has 4 nitrogen and oxygen atoms in total. The molecule has 0 amide bonds. The van der Waals surface area contributed by atoms with Gasteiger partial charge in [-0.15, -0.1) is 0 Å². The number of likely N-dealkylation sites (tertiary alicyclic amines) is 1. The predicted molar refractivity (Wildman–Crippen MR) is 67.6 cm³/mol. The molecule has 0 aliphatic carbocycles. The van der Waals surface area contributed by atoms with Gasteiger partial charge in [-0.1, -0.05) is 0 Å². The number of halogens is 1. The zero-order valence-corrected chi connectivity index (χ0v) is 11.1. The summed E-state index contributed by atoms with van der Waals surface area (Å²) in [5.41, 5.74) is 1.21. The van der Waals surface area contributed by atoms with Gasteiger partial charge in [0.1, 0.15) is 4.60 Å². The highest BCUT2D eigenvalue weighted by Crippen LogP contribution is 2.19. The molecule has 1 fully saturated rings. The van der Waals surface area contributed by atoms with E-state index in [2.05, 4.69) is 25.8 Å². The van der Waals surface area contributed by atoms with Crippen molar-refractivity contribution in [2.75, 3.05) is 13.1 Å². The van der Waals surface area contributed by atoms with Gasteiger partial charge >= 0.3 is 5.97 Å². The first-order chi connectivity index (χ1) is 8.15. The molecule has 0 spiro atoms. The minimum atomic E-state index is -0.656. The Hall–Kier alpha value is -0.940. The molecule has 0 bridgehead atoms. The normalized spacial score (nSPS) is 18.2. The second-order valence-corrected chi connectivity index (χ2v) is 5.19. The molecule has 2 heterocycles. The second-order valence-electron chi connectivity index (χ2n) is 4.38. The van der Waals surface area contributed by atoms with E-state index < -0.39 is 5.97 Å². The third kappa shape index (κ3) is 3.51. The lowest BCUT2D eigenvalue weighted by molar-refractivity contribution is -0.143. The summed E-state index contributed by atoms with van der Waals surface area (Å²) in [6.45, 7) is 2.58. The van der Waals surface area contributed by atoms with E-state index in [1.807, 2.05) is 12.1 Å². The van der Waals surface area contributed by atoms with Crippen LogP contribution in [0.25, 0.3) is 0 Å². The van der Waals surface area contributed by atoms with Gasteiger partial charge in [0, 0.05) is 12.7 Å². The van der Waals surface area contributed by atoms with E-state index in [4.69, 9.17) is 5.11 Å². The molecule has 2 rings (SSSR count). The van der Waals surface area contributed by atoms with E-state index in [1.165, 1.54) is 5.56 Å². The lowest BCUT2D eigenvalue weighted by Crippen LogP contribution is -2.35. The largest absolute Gasteiger partial charge is 0.481 e. The molecule has 1 aromatic heterocycles. The standard InChI is InChI=1S/C12H15BrN2O2/c13-11-7-9(1-4-14-11)8-15-5-2-10(3-6-15)12(16)17/h1,4,7,10H,2-3,5-6,8H2,(H,16,17). The van der Waals surface area contributed by atoms with Crippen LogP contribution in [0.2, 0.25) is 0 Å². The zero-order valence-electron chi connectivity index (χ0n) is 9.47. The van der Waals surface area contributed by atoms with Gasteiger partial charge in [0.15, 0.2) is 0 Å². The van der Waals surface area contributed by atoms with Crippen LogP contribution in [0.5, 0.6) is 0 Å². The van der Waals surface area contributed by atoms with Crippen LogP contribution in [-0.4, -0.2) is 34.0 Å². The smallest absolute Gasteiger partial charge is 0.306 e. The van der Waals surface area contributed by atoms with E-state index >= 15 is 0 Å². The Bertz CT molecular complexity index is 403. The summed E-state index contributed by atoms with van der Waals surface area (Å²) >= 11 is 3.35. The van der Waals surface area contributed by atoms with Crippen molar-refractivity contribution in [2.45, 2.75) is 19.4 Å². The number of aromatic nitrogens is 1. The summed E-state index contributed by atoms with van der Waals surface area (Å²) in [6.07, 6.45) is 3.28. The molecule has 1 aliphatic heterocycles. The Labute approximate surface area is 109 Å². The van der Waals surface area contributed by atoms with Crippen LogP contribution in [0.3, 0.4) is 0 Å². The number of rotatable bonds is 3. The summed E-state index contributed by atoms with van der Waals surface area (Å²) in [5, 5.41) is 8.92. The molecule has 1 N–H and O–H groups in total. The third-order valence-corrected chi connectivity index (χ3v) is 3.57. The van der Waals surface area contributed by atoms with Gasteiger partial charge < -0.3 is 5.11 Å². The molecule has 0 saturated carbocycles. The summed E-state index contributed by atoms with van der Waals surface area (Å²) in [7, 11) is 0. The Morgan fingerprint density at radius 1 is 1.53 bits per heavy atom. The first-order valence-electron chi connectivity index (χ1n) is 5.71. The molecule has 0 radical (unpaired) electrons. The lowest BCUT2D eigenvalue weighted by atomic mass is 9.97. The highest BCUT2D eigenvalue weighted by Gasteiger charge is 2.24. The number of piperidine rings is 1. The number of carboxylic acid groups (broad SMARTS) is 1. The number of nitrogens with zero attached hydrogens (tertiary/aromatic N) is 2. The van der Waals surface area contributed by atoms with Crippen LogP contribution in [0, 0.1) is 5.92 Å². The molecule has 1 saturated heterocycles. The van der Waals surface area contributed by atoms with Crippen LogP contribution in [0.15, 0.2) is 22.9 Å². The highest BCUT2D eigenvalue weighted by molar-refractivity contribution is 9.10. The number of pyridine rings is 1. The van der Waals surface area contributed by atoms with Gasteiger partial charge in [0.2, 0.25) is 0 Å². The number of carbonyl (C=O) groups is 1. The molecule has 5 heteroatoms. The summed E-state index contributed by atoms with van der Waals surface area (Å²) in [5.74, 6) is -0.813. The molecular formula is C12H15BrN2O2. The molecule has 17 heavy (non-hydrogen) atoms. The zero-order chi connectivity index (χ0) is 12.3. The van der Waals surface area contributed by atoms with Gasteiger partial charge in [0.05, 0.1) is 5.92 Å². The SMILES string of the molecule is O=C(O)C1CCN(Cc2ccnc(Br)c2)CC1. The Morgan fingerprint density at radius 2 is 2.24 bits per heavy atom. The van der Waals surface area contributed by atoms with Crippen molar-refractivity contribution < 1.29 is 9.90 Å². The van der Waals surface area contributed by atoms with Crippen molar-refractivity contribution in [3.63, 3.8) is 0 Å². The van der Waals surface area contributed by atoms with Crippen molar-refractivity contribution in [1.82, 2.24) is 9.88 Å². The summed E-state index contributed by atoms with van der Waals surface area (Å²) in [4.78, 5) is 17.2. The first-order valence-corrected chi connectivity index (χ1v) is 6.50. The van der Waals surface area contributed by atoms with Crippen molar-refractivity contribution >= 4 is 21.9 Å². The van der Waals surface area contributed by atoms with Crippen molar-refractivity contribution in [1.29, 1.82) is 0 Å². The van der Waals surface area contributed by atoms with Crippen molar-refractivity contribution in [2.24, 2.45) is 5.92 Å². The topological polar surface area (TPSA) is 53.4 Å². The van der Waals surface area contributed by atoms with E-state index in [9.17, 15) is 4.79 Å². The maximum absolute atomic E-state index is 10.8. The number of aliphatic carboxylic acids is 1. The maximum atomic E-state index is 10.8. The van der Waals surface area contributed by atoms with Gasteiger partial charge in [-0.25, -0.2) is 4.98 Å². The van der Waals surface area contributed by atoms with Crippen molar-refractivity contribution in [3.05, 3.63) is 28.5 Å². The Kier molecular flexibility index (Phi) is 4.12. The van der Waals surface area contributed by atoms with E-state index in [-0.39, 0.29) is 5.92 Å². The average molecular weight is 299 g/mol. The molecule has 1 aliphatic rings. The Balaban J connectivity index is 1.88. The predicted octanol–water partition coefficient (Wildman–Crippen LogP) is 2.14. The lowest BCUT2D eigenvalue weighted by Gasteiger charge is -2.29. The van der Waals surface area contributed by atoms with Crippen LogP contribution in [-0.2, 0) is 11.3 Å². The Morgan fingerprint density at radius 3 is 2.82 bits per heavy atom. The quantitative estimate of drug-likeness (QED) is 0.869. The van der Waals surface area contributed by atoms with Crippen LogP contribution in [0.1, 0.15) is 18.4 Å². The van der Waals surface area contributed by atoms with E-state index in [0.29, 0.717) is 0 Å². The fourth-order valence-corrected chi connectivity index (χ4v) is 2.55. The minimum absolute atomic E-state index is 0.157. The van der Waals surface area contributed by atoms with Crippen LogP contribution in [0.4, 0.5) is 0 Å². The third-order valence-electron chi connectivity index (χ3n) is 3.13. The second kappa shape index (κ2) is 5.60. The molecule has 0 aromatic carbocycles. The molecule has 92 valence electrons. The maximum Gasteiger partial charge on any atom is 0.306 e. The molecular weight excluding hydrogens is 284 g/mol. The highest BCUT2D eigenvalue weighted by atomic mass is 79.9. The van der Waals surface area contributed by atoms with Gasteiger partial charge in [0.25, 0.3) is 0 Å². The van der Waals surface area contributed by atoms with Gasteiger partial charge in [-0.2, -0.15) is 0 Å². The summed E-state index contributed by atoms with van der Waals surface area (Å²) < 4.78 is 0.843. The molecule has 1 aromatic rings. The minimum Gasteiger partial charge on any atom is -0.481 e. The summed E-state index contributed by atoms with van der Waals surface area (Å²) in [6, 6.07) is 4.00.